The second kappa shape index (κ2) is 6.00. The summed E-state index contributed by atoms with van der Waals surface area (Å²) in [7, 11) is 3.46. The third-order valence-corrected chi connectivity index (χ3v) is 1.93. The molecule has 1 fully saturated rings. The number of hydrogen-bond acceptors (Lipinski definition) is 3. The number of rotatable bonds is 1. The van der Waals surface area contributed by atoms with Gasteiger partial charge in [-0.05, 0) is 20.0 Å². The molecule has 72 valence electrons. The van der Waals surface area contributed by atoms with E-state index in [1.807, 2.05) is 20.9 Å². The Hall–Kier alpha value is -0.570. The van der Waals surface area contributed by atoms with E-state index < -0.39 is 0 Å². The van der Waals surface area contributed by atoms with Gasteiger partial charge >= 0.3 is 5.97 Å². The van der Waals surface area contributed by atoms with Gasteiger partial charge in [0.1, 0.15) is 0 Å². The van der Waals surface area contributed by atoms with E-state index in [-0.39, 0.29) is 11.9 Å². The molecule has 0 saturated carbocycles. The van der Waals surface area contributed by atoms with Gasteiger partial charge < -0.3 is 9.64 Å². The molecule has 1 unspecified atom stereocenters. The van der Waals surface area contributed by atoms with Crippen LogP contribution in [0.15, 0.2) is 0 Å². The highest BCUT2D eigenvalue weighted by molar-refractivity contribution is 5.72. The van der Waals surface area contributed by atoms with Crippen LogP contribution in [-0.2, 0) is 9.53 Å². The quantitative estimate of drug-likeness (QED) is 0.557. The highest BCUT2D eigenvalue weighted by atomic mass is 16.5. The molecule has 0 N–H and O–H groups in total. The Balaban J connectivity index is 0.000000561. The van der Waals surface area contributed by atoms with E-state index in [9.17, 15) is 4.79 Å². The number of methoxy groups -OCH3 is 1. The standard InChI is InChI=1S/C7H13NO2.C2H6/c1-8-4-3-6(5-8)7(9)10-2;1-2/h6H,3-5H2,1-2H3;1-2H3. The number of carbonyl (C=O) groups excluding carboxylic acids is 1. The number of esters is 1. The fourth-order valence-corrected chi connectivity index (χ4v) is 1.29. The van der Waals surface area contributed by atoms with Gasteiger partial charge in [0, 0.05) is 6.54 Å². The Kier molecular flexibility index (Phi) is 5.72. The third kappa shape index (κ3) is 3.22. The molecule has 3 nitrogen and oxygen atoms in total. The highest BCUT2D eigenvalue weighted by Crippen LogP contribution is 2.14. The monoisotopic (exact) mass is 173 g/mol. The van der Waals surface area contributed by atoms with E-state index in [1.165, 1.54) is 7.11 Å². The molecule has 12 heavy (non-hydrogen) atoms. The SMILES string of the molecule is CC.COC(=O)C1CCN(C)C1. The number of hydrogen-bond donors (Lipinski definition) is 0. The molecule has 1 heterocycles. The molecule has 1 saturated heterocycles. The van der Waals surface area contributed by atoms with E-state index in [4.69, 9.17) is 0 Å². The van der Waals surface area contributed by atoms with E-state index in [2.05, 4.69) is 9.64 Å². The van der Waals surface area contributed by atoms with E-state index in [0.717, 1.165) is 19.5 Å². The zero-order valence-corrected chi connectivity index (χ0v) is 8.46. The van der Waals surface area contributed by atoms with Gasteiger partial charge in [-0.15, -0.1) is 0 Å². The number of nitrogens with zero attached hydrogens (tertiary/aromatic N) is 1. The lowest BCUT2D eigenvalue weighted by Crippen LogP contribution is -2.20. The molecule has 0 spiro atoms. The first-order chi connectivity index (χ1) is 5.74. The lowest BCUT2D eigenvalue weighted by atomic mass is 10.1. The first-order valence-electron chi connectivity index (χ1n) is 4.50. The fraction of sp³-hybridized carbons (Fsp3) is 0.889. The molecule has 0 aromatic rings. The van der Waals surface area contributed by atoms with Crippen molar-refractivity contribution in [3.63, 3.8) is 0 Å². The Bertz CT molecular complexity index is 136. The van der Waals surface area contributed by atoms with E-state index in [1.54, 1.807) is 0 Å². The third-order valence-electron chi connectivity index (χ3n) is 1.93. The predicted octanol–water partition coefficient (Wildman–Crippen LogP) is 1.14. The molecule has 0 bridgehead atoms. The molecule has 0 radical (unpaired) electrons. The van der Waals surface area contributed by atoms with Crippen molar-refractivity contribution < 1.29 is 9.53 Å². The van der Waals surface area contributed by atoms with Crippen molar-refractivity contribution in [1.29, 1.82) is 0 Å². The van der Waals surface area contributed by atoms with Crippen LogP contribution >= 0.6 is 0 Å². The van der Waals surface area contributed by atoms with Gasteiger partial charge in [-0.25, -0.2) is 0 Å². The molecule has 0 aliphatic carbocycles. The number of likely N-dealkylation sites (tertiary alicyclic amines) is 1. The van der Waals surface area contributed by atoms with Gasteiger partial charge in [0.25, 0.3) is 0 Å². The Morgan fingerprint density at radius 2 is 2.08 bits per heavy atom. The minimum Gasteiger partial charge on any atom is -0.469 e. The summed E-state index contributed by atoms with van der Waals surface area (Å²) in [5.41, 5.74) is 0. The molecular weight excluding hydrogens is 154 g/mol. The van der Waals surface area contributed by atoms with Crippen molar-refractivity contribution in [2.24, 2.45) is 5.92 Å². The van der Waals surface area contributed by atoms with E-state index >= 15 is 0 Å². The molecule has 3 heteroatoms. The summed E-state index contributed by atoms with van der Waals surface area (Å²) in [6.45, 7) is 5.87. The minimum atomic E-state index is -0.0654. The summed E-state index contributed by atoms with van der Waals surface area (Å²) in [4.78, 5) is 13.1. The number of ether oxygens (including phenoxy) is 1. The van der Waals surface area contributed by atoms with Crippen molar-refractivity contribution >= 4 is 5.97 Å². The highest BCUT2D eigenvalue weighted by Gasteiger charge is 2.26. The fourth-order valence-electron chi connectivity index (χ4n) is 1.29. The largest absolute Gasteiger partial charge is 0.469 e. The lowest BCUT2D eigenvalue weighted by Gasteiger charge is -2.06. The summed E-state index contributed by atoms with van der Waals surface area (Å²) in [5.74, 6) is 0.0550. The van der Waals surface area contributed by atoms with Crippen molar-refractivity contribution in [2.75, 3.05) is 27.2 Å². The maximum Gasteiger partial charge on any atom is 0.310 e. The Labute approximate surface area is 74.7 Å². The van der Waals surface area contributed by atoms with E-state index in [0.29, 0.717) is 0 Å². The number of carbonyl (C=O) groups is 1. The topological polar surface area (TPSA) is 29.5 Å². The Morgan fingerprint density at radius 3 is 2.42 bits per heavy atom. The van der Waals surface area contributed by atoms with Crippen LogP contribution in [0.25, 0.3) is 0 Å². The summed E-state index contributed by atoms with van der Waals surface area (Å²) < 4.78 is 4.62. The second-order valence-corrected chi connectivity index (χ2v) is 2.77. The molecular formula is C9H19NO2. The first-order valence-corrected chi connectivity index (χ1v) is 4.50. The smallest absolute Gasteiger partial charge is 0.310 e. The summed E-state index contributed by atoms with van der Waals surface area (Å²) in [6.07, 6.45) is 0.948. The average Bonchev–Trinajstić information content (AvgIpc) is 2.54. The maximum atomic E-state index is 10.9. The molecule has 0 aromatic carbocycles. The predicted molar refractivity (Wildman–Crippen MR) is 49.0 cm³/mol. The van der Waals surface area contributed by atoms with Crippen molar-refractivity contribution in [3.05, 3.63) is 0 Å². The zero-order valence-electron chi connectivity index (χ0n) is 8.46. The van der Waals surface area contributed by atoms with Crippen LogP contribution in [0.5, 0.6) is 0 Å². The normalized spacial score (nSPS) is 22.8. The van der Waals surface area contributed by atoms with Crippen molar-refractivity contribution in [3.8, 4) is 0 Å². The van der Waals surface area contributed by atoms with Crippen LogP contribution in [-0.4, -0.2) is 38.1 Å². The van der Waals surface area contributed by atoms with Gasteiger partial charge in [-0.2, -0.15) is 0 Å². The van der Waals surface area contributed by atoms with Crippen molar-refractivity contribution in [1.82, 2.24) is 4.90 Å². The summed E-state index contributed by atoms with van der Waals surface area (Å²) >= 11 is 0. The first kappa shape index (κ1) is 11.4. The molecule has 1 atom stereocenters. The minimum absolute atomic E-state index is 0.0654. The van der Waals surface area contributed by atoms with Gasteiger partial charge in [0.15, 0.2) is 0 Å². The van der Waals surface area contributed by atoms with Gasteiger partial charge in [0.05, 0.1) is 13.0 Å². The average molecular weight is 173 g/mol. The van der Waals surface area contributed by atoms with Crippen LogP contribution in [0.1, 0.15) is 20.3 Å². The van der Waals surface area contributed by atoms with Crippen LogP contribution in [0.2, 0.25) is 0 Å². The molecule has 0 aromatic heterocycles. The summed E-state index contributed by atoms with van der Waals surface area (Å²) in [6, 6.07) is 0. The Morgan fingerprint density at radius 1 is 1.50 bits per heavy atom. The van der Waals surface area contributed by atoms with Crippen LogP contribution in [0.3, 0.4) is 0 Å². The van der Waals surface area contributed by atoms with Crippen LogP contribution < -0.4 is 0 Å². The van der Waals surface area contributed by atoms with Crippen LogP contribution in [0.4, 0.5) is 0 Å². The maximum absolute atomic E-state index is 10.9. The summed E-state index contributed by atoms with van der Waals surface area (Å²) in [5, 5.41) is 0. The lowest BCUT2D eigenvalue weighted by molar-refractivity contribution is -0.144. The molecule has 1 aliphatic heterocycles. The molecule has 0 amide bonds. The molecule has 1 aliphatic rings. The van der Waals surface area contributed by atoms with Gasteiger partial charge in [-0.3, -0.25) is 4.79 Å². The van der Waals surface area contributed by atoms with Crippen LogP contribution in [0, 0.1) is 5.92 Å². The van der Waals surface area contributed by atoms with Gasteiger partial charge in [0.2, 0.25) is 0 Å². The zero-order chi connectivity index (χ0) is 9.56. The van der Waals surface area contributed by atoms with Gasteiger partial charge in [-0.1, -0.05) is 13.8 Å². The van der Waals surface area contributed by atoms with Crippen molar-refractivity contribution in [2.45, 2.75) is 20.3 Å². The second-order valence-electron chi connectivity index (χ2n) is 2.77. The molecule has 1 rings (SSSR count).